The molecule has 2 nitrogen and oxygen atoms in total. The lowest BCUT2D eigenvalue weighted by Crippen LogP contribution is -2.05. The van der Waals surface area contributed by atoms with E-state index in [4.69, 9.17) is 16.7 Å². The minimum Gasteiger partial charge on any atom is -0.508 e. The number of hydrogen-bond donors (Lipinski definition) is 2. The van der Waals surface area contributed by atoms with E-state index in [9.17, 15) is 9.50 Å². The summed E-state index contributed by atoms with van der Waals surface area (Å²) in [5.74, 6) is -0.369. The molecule has 0 amide bonds. The molecule has 2 N–H and O–H groups in total. The van der Waals surface area contributed by atoms with Crippen molar-refractivity contribution >= 4 is 11.6 Å². The van der Waals surface area contributed by atoms with Gasteiger partial charge < -0.3 is 10.2 Å². The van der Waals surface area contributed by atoms with Crippen molar-refractivity contribution in [2.24, 2.45) is 0 Å². The van der Waals surface area contributed by atoms with Crippen molar-refractivity contribution < 1.29 is 14.6 Å². The van der Waals surface area contributed by atoms with E-state index in [-0.39, 0.29) is 22.8 Å². The molecule has 4 heteroatoms. The molecule has 2 aromatic carbocycles. The molecule has 0 aliphatic heterocycles. The Hall–Kier alpha value is -1.58. The third-order valence-electron chi connectivity index (χ3n) is 2.70. The maximum atomic E-state index is 13.6. The van der Waals surface area contributed by atoms with Gasteiger partial charge in [-0.2, -0.15) is 0 Å². The number of aromatic hydroxyl groups is 1. The molecule has 0 aliphatic rings. The predicted molar refractivity (Wildman–Crippen MR) is 68.2 cm³/mol. The summed E-state index contributed by atoms with van der Waals surface area (Å²) in [5, 5.41) is 19.4. The standard InChI is InChI=1S/C14H12ClFO2/c15-11-2-1-3-12(16)14(11)13(18)8-9-4-6-10(17)7-5-9/h1-7,13,17-18H,8H2. The summed E-state index contributed by atoms with van der Waals surface area (Å²) in [5.41, 5.74) is 0.895. The Labute approximate surface area is 109 Å². The number of halogens is 2. The van der Waals surface area contributed by atoms with E-state index in [0.717, 1.165) is 5.56 Å². The van der Waals surface area contributed by atoms with Gasteiger partial charge in [-0.05, 0) is 29.8 Å². The summed E-state index contributed by atoms with van der Waals surface area (Å²) in [6.45, 7) is 0. The van der Waals surface area contributed by atoms with Crippen molar-refractivity contribution in [1.29, 1.82) is 0 Å². The average Bonchev–Trinajstić information content (AvgIpc) is 2.32. The second-order valence-electron chi connectivity index (χ2n) is 4.02. The summed E-state index contributed by atoms with van der Waals surface area (Å²) in [6, 6.07) is 10.7. The van der Waals surface area contributed by atoms with Crippen LogP contribution in [-0.2, 0) is 6.42 Å². The zero-order chi connectivity index (χ0) is 13.1. The molecule has 0 bridgehead atoms. The van der Waals surface area contributed by atoms with Crippen LogP contribution in [0.4, 0.5) is 4.39 Å². The van der Waals surface area contributed by atoms with Gasteiger partial charge in [0.15, 0.2) is 0 Å². The molecular formula is C14H12ClFO2. The van der Waals surface area contributed by atoms with E-state index in [0.29, 0.717) is 0 Å². The fourth-order valence-electron chi connectivity index (χ4n) is 1.79. The molecule has 94 valence electrons. The van der Waals surface area contributed by atoms with E-state index in [2.05, 4.69) is 0 Å². The van der Waals surface area contributed by atoms with Crippen molar-refractivity contribution in [1.82, 2.24) is 0 Å². The van der Waals surface area contributed by atoms with Gasteiger partial charge in [-0.1, -0.05) is 29.8 Å². The zero-order valence-electron chi connectivity index (χ0n) is 9.48. The van der Waals surface area contributed by atoms with Crippen LogP contribution in [0.3, 0.4) is 0 Å². The molecule has 0 saturated carbocycles. The van der Waals surface area contributed by atoms with E-state index in [1.54, 1.807) is 18.2 Å². The van der Waals surface area contributed by atoms with Crippen LogP contribution in [0, 0.1) is 5.82 Å². The van der Waals surface area contributed by atoms with Crippen LogP contribution in [0.1, 0.15) is 17.2 Å². The maximum Gasteiger partial charge on any atom is 0.130 e. The largest absolute Gasteiger partial charge is 0.508 e. The summed E-state index contributed by atoms with van der Waals surface area (Å²) >= 11 is 5.88. The van der Waals surface area contributed by atoms with Crippen molar-refractivity contribution in [3.63, 3.8) is 0 Å². The minimum absolute atomic E-state index is 0.104. The highest BCUT2D eigenvalue weighted by Gasteiger charge is 2.16. The molecule has 0 fully saturated rings. The number of phenols is 1. The Balaban J connectivity index is 2.22. The van der Waals surface area contributed by atoms with Crippen molar-refractivity contribution in [3.8, 4) is 5.75 Å². The Bertz CT molecular complexity index is 520. The topological polar surface area (TPSA) is 40.5 Å². The van der Waals surface area contributed by atoms with Gasteiger partial charge in [0.25, 0.3) is 0 Å². The molecule has 0 saturated heterocycles. The van der Waals surface area contributed by atoms with Crippen LogP contribution in [0.5, 0.6) is 5.75 Å². The first kappa shape index (κ1) is 12.9. The molecule has 0 radical (unpaired) electrons. The van der Waals surface area contributed by atoms with Gasteiger partial charge in [0, 0.05) is 17.0 Å². The van der Waals surface area contributed by atoms with Gasteiger partial charge in [0.1, 0.15) is 11.6 Å². The van der Waals surface area contributed by atoms with Gasteiger partial charge in [0.2, 0.25) is 0 Å². The second kappa shape index (κ2) is 5.38. The van der Waals surface area contributed by atoms with Crippen LogP contribution < -0.4 is 0 Å². The zero-order valence-corrected chi connectivity index (χ0v) is 10.2. The average molecular weight is 267 g/mol. The summed E-state index contributed by atoms with van der Waals surface area (Å²) < 4.78 is 13.6. The lowest BCUT2D eigenvalue weighted by Gasteiger charge is -2.13. The van der Waals surface area contributed by atoms with Crippen molar-refractivity contribution in [2.45, 2.75) is 12.5 Å². The summed E-state index contributed by atoms with van der Waals surface area (Å²) in [6.07, 6.45) is -0.774. The highest BCUT2D eigenvalue weighted by atomic mass is 35.5. The lowest BCUT2D eigenvalue weighted by molar-refractivity contribution is 0.173. The van der Waals surface area contributed by atoms with Crippen LogP contribution in [0.15, 0.2) is 42.5 Å². The Morgan fingerprint density at radius 2 is 1.78 bits per heavy atom. The molecule has 2 rings (SSSR count). The highest BCUT2D eigenvalue weighted by molar-refractivity contribution is 6.31. The summed E-state index contributed by atoms with van der Waals surface area (Å²) in [4.78, 5) is 0. The number of aliphatic hydroxyl groups is 1. The van der Waals surface area contributed by atoms with Crippen LogP contribution >= 0.6 is 11.6 Å². The molecule has 0 spiro atoms. The molecular weight excluding hydrogens is 255 g/mol. The third-order valence-corrected chi connectivity index (χ3v) is 3.03. The van der Waals surface area contributed by atoms with Gasteiger partial charge in [-0.25, -0.2) is 4.39 Å². The first-order valence-electron chi connectivity index (χ1n) is 5.48. The molecule has 2 aromatic rings. The second-order valence-corrected chi connectivity index (χ2v) is 4.43. The highest BCUT2D eigenvalue weighted by Crippen LogP contribution is 2.28. The predicted octanol–water partition coefficient (Wildman–Crippen LogP) is 3.46. The van der Waals surface area contributed by atoms with Crippen LogP contribution in [0.25, 0.3) is 0 Å². The van der Waals surface area contributed by atoms with E-state index >= 15 is 0 Å². The summed E-state index contributed by atoms with van der Waals surface area (Å²) in [7, 11) is 0. The van der Waals surface area contributed by atoms with E-state index in [1.165, 1.54) is 24.3 Å². The van der Waals surface area contributed by atoms with Crippen LogP contribution in [0.2, 0.25) is 5.02 Å². The lowest BCUT2D eigenvalue weighted by atomic mass is 10.0. The van der Waals surface area contributed by atoms with Crippen LogP contribution in [-0.4, -0.2) is 10.2 Å². The van der Waals surface area contributed by atoms with Crippen molar-refractivity contribution in [3.05, 3.63) is 64.4 Å². The minimum atomic E-state index is -1.01. The van der Waals surface area contributed by atoms with Gasteiger partial charge in [-0.15, -0.1) is 0 Å². The number of phenolic OH excluding ortho intramolecular Hbond substituents is 1. The third kappa shape index (κ3) is 2.81. The quantitative estimate of drug-likeness (QED) is 0.893. The molecule has 1 unspecified atom stereocenters. The normalized spacial score (nSPS) is 12.4. The SMILES string of the molecule is Oc1ccc(CC(O)c2c(F)cccc2Cl)cc1. The maximum absolute atomic E-state index is 13.6. The molecule has 0 aliphatic carbocycles. The van der Waals surface area contributed by atoms with Gasteiger partial charge in [-0.3, -0.25) is 0 Å². The number of hydrogen-bond acceptors (Lipinski definition) is 2. The first-order valence-corrected chi connectivity index (χ1v) is 5.85. The van der Waals surface area contributed by atoms with Crippen molar-refractivity contribution in [2.75, 3.05) is 0 Å². The molecule has 1 atom stereocenters. The molecule has 0 aromatic heterocycles. The molecule has 0 heterocycles. The fourth-order valence-corrected chi connectivity index (χ4v) is 2.08. The number of benzene rings is 2. The smallest absolute Gasteiger partial charge is 0.130 e. The molecule has 18 heavy (non-hydrogen) atoms. The number of aliphatic hydroxyl groups excluding tert-OH is 1. The van der Waals surface area contributed by atoms with Gasteiger partial charge >= 0.3 is 0 Å². The van der Waals surface area contributed by atoms with E-state index in [1.807, 2.05) is 0 Å². The Morgan fingerprint density at radius 3 is 2.39 bits per heavy atom. The van der Waals surface area contributed by atoms with Gasteiger partial charge in [0.05, 0.1) is 6.10 Å². The number of rotatable bonds is 3. The first-order chi connectivity index (χ1) is 8.58. The van der Waals surface area contributed by atoms with E-state index < -0.39 is 11.9 Å². The fraction of sp³-hybridized carbons (Fsp3) is 0.143. The monoisotopic (exact) mass is 266 g/mol. The Morgan fingerprint density at radius 1 is 1.11 bits per heavy atom. The Kier molecular flexibility index (Phi) is 3.84.